The average molecular weight is 548 g/mol. The molecular formula is C29H22ClN9O. The summed E-state index contributed by atoms with van der Waals surface area (Å²) >= 11 is 6.63. The van der Waals surface area contributed by atoms with Crippen LogP contribution in [0.5, 0.6) is 0 Å². The first-order valence-corrected chi connectivity index (χ1v) is 13.1. The highest BCUT2D eigenvalue weighted by Crippen LogP contribution is 2.34. The molecule has 0 bridgehead atoms. The summed E-state index contributed by atoms with van der Waals surface area (Å²) in [5.41, 5.74) is 10.9. The van der Waals surface area contributed by atoms with Gasteiger partial charge < -0.3 is 10.6 Å². The Morgan fingerprint density at radius 1 is 1.12 bits per heavy atom. The first-order chi connectivity index (χ1) is 19.4. The number of pyridine rings is 2. The first-order valence-electron chi connectivity index (χ1n) is 12.7. The summed E-state index contributed by atoms with van der Waals surface area (Å²) in [6.07, 6.45) is 8.75. The molecule has 1 amide bonds. The molecular weight excluding hydrogens is 526 g/mol. The standard InChI is InChI=1S/C29H22ClN9O/c1-37-27-22-12-21(24(30)13-25(22)35-28(31)23(27)15-34-37)29(40)38(20-7-8-20)16-19-5-3-17(14-33-19)2-4-18-6-9-26-32-10-11-39(26)36-18/h3,5-6,9-15,20H,7-8,16H2,1H3,(H2,31,35). The summed E-state index contributed by atoms with van der Waals surface area (Å²) < 4.78 is 3.42. The van der Waals surface area contributed by atoms with Gasteiger partial charge in [0.15, 0.2) is 5.65 Å². The normalized spacial score (nSPS) is 13.1. The van der Waals surface area contributed by atoms with Gasteiger partial charge in [-0.3, -0.25) is 14.5 Å². The third-order valence-corrected chi connectivity index (χ3v) is 7.33. The van der Waals surface area contributed by atoms with Gasteiger partial charge >= 0.3 is 0 Å². The van der Waals surface area contributed by atoms with E-state index in [0.717, 1.165) is 46.0 Å². The Balaban J connectivity index is 1.15. The molecule has 1 aromatic carbocycles. The van der Waals surface area contributed by atoms with Crippen LogP contribution in [0.4, 0.5) is 5.82 Å². The fourth-order valence-electron chi connectivity index (χ4n) is 4.84. The number of carbonyl (C=O) groups excluding carboxylic acids is 1. The van der Waals surface area contributed by atoms with Crippen molar-refractivity contribution in [3.63, 3.8) is 0 Å². The second kappa shape index (κ2) is 9.32. The predicted molar refractivity (Wildman–Crippen MR) is 152 cm³/mol. The molecule has 1 aliphatic carbocycles. The number of halogens is 1. The predicted octanol–water partition coefficient (Wildman–Crippen LogP) is 4.00. The van der Waals surface area contributed by atoms with Gasteiger partial charge in [0.05, 0.1) is 45.4 Å². The van der Waals surface area contributed by atoms with Crippen LogP contribution in [0.2, 0.25) is 5.02 Å². The van der Waals surface area contributed by atoms with E-state index in [1.54, 1.807) is 46.1 Å². The Hall–Kier alpha value is -5.01. The third kappa shape index (κ3) is 4.26. The van der Waals surface area contributed by atoms with E-state index in [2.05, 4.69) is 37.0 Å². The van der Waals surface area contributed by atoms with Gasteiger partial charge in [-0.05, 0) is 55.2 Å². The number of nitrogens with two attached hydrogens (primary N) is 1. The van der Waals surface area contributed by atoms with Crippen LogP contribution in [0, 0.1) is 11.8 Å². The number of nitrogens with zero attached hydrogens (tertiary/aromatic N) is 8. The van der Waals surface area contributed by atoms with Crippen molar-refractivity contribution in [2.24, 2.45) is 7.05 Å². The van der Waals surface area contributed by atoms with Crippen molar-refractivity contribution in [1.29, 1.82) is 0 Å². The van der Waals surface area contributed by atoms with E-state index in [0.29, 0.717) is 34.2 Å². The quantitative estimate of drug-likeness (QED) is 0.331. The molecule has 0 spiro atoms. The number of nitrogen functional groups attached to an aromatic ring is 1. The maximum Gasteiger partial charge on any atom is 0.255 e. The van der Waals surface area contributed by atoms with Gasteiger partial charge in [-0.15, -0.1) is 0 Å². The summed E-state index contributed by atoms with van der Waals surface area (Å²) in [4.78, 5) is 28.9. The van der Waals surface area contributed by atoms with Crippen molar-refractivity contribution in [2.75, 3.05) is 5.73 Å². The monoisotopic (exact) mass is 547 g/mol. The van der Waals surface area contributed by atoms with Crippen molar-refractivity contribution < 1.29 is 4.79 Å². The van der Waals surface area contributed by atoms with Gasteiger partial charge in [0.2, 0.25) is 0 Å². The summed E-state index contributed by atoms with van der Waals surface area (Å²) in [5.74, 6) is 6.39. The summed E-state index contributed by atoms with van der Waals surface area (Å²) in [5, 5.41) is 10.6. The minimum atomic E-state index is -0.145. The second-order valence-electron chi connectivity index (χ2n) is 9.78. The number of amides is 1. The van der Waals surface area contributed by atoms with E-state index in [1.807, 2.05) is 36.2 Å². The van der Waals surface area contributed by atoms with E-state index in [-0.39, 0.29) is 11.9 Å². The Morgan fingerprint density at radius 3 is 2.80 bits per heavy atom. The molecule has 196 valence electrons. The smallest absolute Gasteiger partial charge is 0.255 e. The van der Waals surface area contributed by atoms with Crippen LogP contribution in [-0.2, 0) is 13.6 Å². The molecule has 0 radical (unpaired) electrons. The van der Waals surface area contributed by atoms with Crippen LogP contribution in [-0.4, -0.2) is 51.2 Å². The van der Waals surface area contributed by atoms with E-state index in [1.165, 1.54) is 0 Å². The number of fused-ring (bicyclic) bond motifs is 4. The lowest BCUT2D eigenvalue weighted by Gasteiger charge is -2.23. The molecule has 0 atom stereocenters. The molecule has 5 aromatic heterocycles. The molecule has 0 unspecified atom stereocenters. The number of carbonyl (C=O) groups is 1. The Bertz CT molecular complexity index is 2010. The van der Waals surface area contributed by atoms with E-state index >= 15 is 0 Å². The lowest BCUT2D eigenvalue weighted by molar-refractivity contribution is 0.0728. The van der Waals surface area contributed by atoms with Crippen LogP contribution < -0.4 is 5.73 Å². The molecule has 1 saturated carbocycles. The molecule has 7 rings (SSSR count). The van der Waals surface area contributed by atoms with Crippen LogP contribution in [0.1, 0.15) is 40.2 Å². The molecule has 0 saturated heterocycles. The van der Waals surface area contributed by atoms with Crippen LogP contribution in [0.25, 0.3) is 27.5 Å². The SMILES string of the molecule is Cn1ncc2c(N)nc3cc(Cl)c(C(=O)N(Cc4ccc(C#Cc5ccc6nccn6n5)cn4)C4CC4)cc3c21. The first kappa shape index (κ1) is 24.1. The fourth-order valence-corrected chi connectivity index (χ4v) is 5.07. The Kier molecular flexibility index (Phi) is 5.61. The van der Waals surface area contributed by atoms with Gasteiger partial charge in [-0.2, -0.15) is 10.2 Å². The summed E-state index contributed by atoms with van der Waals surface area (Å²) in [6, 6.07) is 11.1. The van der Waals surface area contributed by atoms with Crippen LogP contribution >= 0.6 is 11.6 Å². The van der Waals surface area contributed by atoms with Gasteiger partial charge in [0.1, 0.15) is 11.5 Å². The van der Waals surface area contributed by atoms with Gasteiger partial charge in [0.25, 0.3) is 5.91 Å². The molecule has 40 heavy (non-hydrogen) atoms. The number of rotatable bonds is 4. The molecule has 11 heteroatoms. The molecule has 10 nitrogen and oxygen atoms in total. The minimum absolute atomic E-state index is 0.144. The maximum atomic E-state index is 13.8. The van der Waals surface area contributed by atoms with Gasteiger partial charge in [-0.1, -0.05) is 17.5 Å². The zero-order chi connectivity index (χ0) is 27.4. The van der Waals surface area contributed by atoms with Crippen molar-refractivity contribution >= 4 is 50.8 Å². The highest BCUT2D eigenvalue weighted by atomic mass is 35.5. The number of aromatic nitrogens is 7. The molecule has 2 N–H and O–H groups in total. The third-order valence-electron chi connectivity index (χ3n) is 7.02. The number of aryl methyl sites for hydroxylation is 1. The minimum Gasteiger partial charge on any atom is -0.383 e. The maximum absolute atomic E-state index is 13.8. The van der Waals surface area contributed by atoms with Crippen molar-refractivity contribution in [3.05, 3.63) is 88.7 Å². The zero-order valence-electron chi connectivity index (χ0n) is 21.4. The lowest BCUT2D eigenvalue weighted by atomic mass is 10.1. The zero-order valence-corrected chi connectivity index (χ0v) is 22.2. The molecule has 1 fully saturated rings. The summed E-state index contributed by atoms with van der Waals surface area (Å²) in [7, 11) is 1.84. The Morgan fingerprint density at radius 2 is 2.00 bits per heavy atom. The van der Waals surface area contributed by atoms with E-state index < -0.39 is 0 Å². The number of anilines is 1. The van der Waals surface area contributed by atoms with Crippen molar-refractivity contribution in [3.8, 4) is 11.8 Å². The summed E-state index contributed by atoms with van der Waals surface area (Å²) in [6.45, 7) is 0.367. The number of hydrogen-bond donors (Lipinski definition) is 1. The number of benzene rings is 1. The van der Waals surface area contributed by atoms with Crippen molar-refractivity contribution in [1.82, 2.24) is 39.2 Å². The molecule has 5 heterocycles. The van der Waals surface area contributed by atoms with E-state index in [4.69, 9.17) is 17.3 Å². The highest BCUT2D eigenvalue weighted by molar-refractivity contribution is 6.35. The second-order valence-corrected chi connectivity index (χ2v) is 10.2. The van der Waals surface area contributed by atoms with E-state index in [9.17, 15) is 4.79 Å². The molecule has 0 aliphatic heterocycles. The topological polar surface area (TPSA) is 120 Å². The van der Waals surface area contributed by atoms with Crippen LogP contribution in [0.3, 0.4) is 0 Å². The number of hydrogen-bond acceptors (Lipinski definition) is 7. The molecule has 6 aromatic rings. The van der Waals surface area contributed by atoms with Crippen LogP contribution in [0.15, 0.2) is 61.2 Å². The largest absolute Gasteiger partial charge is 0.383 e. The number of imidazole rings is 1. The van der Waals surface area contributed by atoms with Gasteiger partial charge in [-0.25, -0.2) is 14.5 Å². The van der Waals surface area contributed by atoms with Gasteiger partial charge in [0, 0.05) is 42.6 Å². The Labute approximate surface area is 233 Å². The average Bonchev–Trinajstić information content (AvgIpc) is 3.55. The van der Waals surface area contributed by atoms with Crippen molar-refractivity contribution in [2.45, 2.75) is 25.4 Å². The fraction of sp³-hybridized carbons (Fsp3) is 0.172. The molecule has 1 aliphatic rings. The highest BCUT2D eigenvalue weighted by Gasteiger charge is 2.34. The lowest BCUT2D eigenvalue weighted by Crippen LogP contribution is -2.33.